The van der Waals surface area contributed by atoms with E-state index in [1.165, 1.54) is 43.2 Å². The molecular formula is C69H41N5O. The van der Waals surface area contributed by atoms with Crippen molar-refractivity contribution in [2.45, 2.75) is 0 Å². The summed E-state index contributed by atoms with van der Waals surface area (Å²) in [6.45, 7) is 0. The highest BCUT2D eigenvalue weighted by Gasteiger charge is 2.23. The smallest absolute Gasteiger partial charge is 0.164 e. The molecule has 6 heteroatoms. The number of benzene rings is 12. The van der Waals surface area contributed by atoms with Crippen LogP contribution in [0.5, 0.6) is 0 Å². The van der Waals surface area contributed by atoms with E-state index in [9.17, 15) is 0 Å². The molecule has 0 spiro atoms. The van der Waals surface area contributed by atoms with Crippen molar-refractivity contribution >= 4 is 97.9 Å². The number of hydrogen-bond donors (Lipinski definition) is 0. The van der Waals surface area contributed by atoms with Gasteiger partial charge in [0.2, 0.25) is 0 Å². The van der Waals surface area contributed by atoms with Crippen LogP contribution in [0.4, 0.5) is 0 Å². The van der Waals surface area contributed by atoms with E-state index in [1.807, 2.05) is 12.1 Å². The van der Waals surface area contributed by atoms with Gasteiger partial charge in [0, 0.05) is 65.8 Å². The van der Waals surface area contributed by atoms with Crippen molar-refractivity contribution in [3.05, 3.63) is 249 Å². The molecule has 0 aliphatic rings. The Labute approximate surface area is 429 Å². The van der Waals surface area contributed by atoms with Crippen molar-refractivity contribution in [2.24, 2.45) is 0 Å². The molecule has 0 bridgehead atoms. The number of furan rings is 1. The lowest BCUT2D eigenvalue weighted by Crippen LogP contribution is -2.01. The van der Waals surface area contributed by atoms with Crippen LogP contribution < -0.4 is 0 Å². The van der Waals surface area contributed by atoms with E-state index in [4.69, 9.17) is 19.4 Å². The molecule has 0 atom stereocenters. The predicted molar refractivity (Wildman–Crippen MR) is 310 cm³/mol. The first-order valence-corrected chi connectivity index (χ1v) is 25.4. The lowest BCUT2D eigenvalue weighted by atomic mass is 9.99. The van der Waals surface area contributed by atoms with E-state index < -0.39 is 0 Å². The second-order valence-corrected chi connectivity index (χ2v) is 19.5. The summed E-state index contributed by atoms with van der Waals surface area (Å²) in [5.41, 5.74) is 13.1. The first-order valence-electron chi connectivity index (χ1n) is 25.4. The van der Waals surface area contributed by atoms with Gasteiger partial charge < -0.3 is 13.6 Å². The minimum Gasteiger partial charge on any atom is -0.456 e. The predicted octanol–water partition coefficient (Wildman–Crippen LogP) is 18.1. The minimum atomic E-state index is 0.561. The van der Waals surface area contributed by atoms with Crippen LogP contribution in [0.2, 0.25) is 0 Å². The van der Waals surface area contributed by atoms with Crippen LogP contribution in [0.25, 0.3) is 155 Å². The van der Waals surface area contributed by atoms with Crippen molar-refractivity contribution in [2.75, 3.05) is 0 Å². The van der Waals surface area contributed by atoms with Gasteiger partial charge in [-0.1, -0.05) is 182 Å². The molecule has 0 radical (unpaired) electrons. The van der Waals surface area contributed by atoms with Gasteiger partial charge in [-0.3, -0.25) is 0 Å². The normalized spacial score (nSPS) is 12.0. The zero-order valence-corrected chi connectivity index (χ0v) is 40.3. The lowest BCUT2D eigenvalue weighted by molar-refractivity contribution is 0.669. The Kier molecular flexibility index (Phi) is 8.94. The van der Waals surface area contributed by atoms with Crippen LogP contribution >= 0.6 is 0 Å². The van der Waals surface area contributed by atoms with Crippen LogP contribution in [-0.4, -0.2) is 24.1 Å². The monoisotopic (exact) mass is 955 g/mol. The number of nitrogens with zero attached hydrogens (tertiary/aromatic N) is 5. The summed E-state index contributed by atoms with van der Waals surface area (Å²) in [7, 11) is 0. The van der Waals surface area contributed by atoms with Gasteiger partial charge in [0.15, 0.2) is 17.5 Å². The lowest BCUT2D eigenvalue weighted by Gasteiger charge is -2.13. The highest BCUT2D eigenvalue weighted by atomic mass is 16.3. The average Bonchev–Trinajstić information content (AvgIpc) is 4.17. The topological polar surface area (TPSA) is 61.7 Å². The summed E-state index contributed by atoms with van der Waals surface area (Å²) < 4.78 is 11.6. The van der Waals surface area contributed by atoms with Crippen LogP contribution in [0.15, 0.2) is 253 Å². The molecule has 0 aliphatic carbocycles. The number of hydrogen-bond acceptors (Lipinski definition) is 4. The van der Waals surface area contributed by atoms with Gasteiger partial charge in [0.25, 0.3) is 0 Å². The molecule has 4 heterocycles. The van der Waals surface area contributed by atoms with E-state index >= 15 is 0 Å². The molecule has 4 aromatic heterocycles. The average molecular weight is 956 g/mol. The molecule has 75 heavy (non-hydrogen) atoms. The van der Waals surface area contributed by atoms with Crippen LogP contribution in [0, 0.1) is 0 Å². The van der Waals surface area contributed by atoms with Crippen LogP contribution in [-0.2, 0) is 0 Å². The van der Waals surface area contributed by atoms with Gasteiger partial charge in [-0.15, -0.1) is 0 Å². The fourth-order valence-corrected chi connectivity index (χ4v) is 11.9. The van der Waals surface area contributed by atoms with Gasteiger partial charge >= 0.3 is 0 Å². The van der Waals surface area contributed by atoms with E-state index in [2.05, 4.69) is 246 Å². The molecule has 0 fully saturated rings. The molecule has 16 aromatic rings. The van der Waals surface area contributed by atoms with Crippen molar-refractivity contribution in [3.8, 4) is 56.7 Å². The summed E-state index contributed by atoms with van der Waals surface area (Å²) in [6, 6.07) is 88.7. The first-order chi connectivity index (χ1) is 37.2. The highest BCUT2D eigenvalue weighted by molar-refractivity contribution is 6.24. The summed E-state index contributed by atoms with van der Waals surface area (Å²) in [6.07, 6.45) is 0. The Hall–Kier alpha value is -10.2. The third-order valence-electron chi connectivity index (χ3n) is 15.3. The van der Waals surface area contributed by atoms with E-state index in [0.29, 0.717) is 17.5 Å². The third-order valence-corrected chi connectivity index (χ3v) is 15.3. The molecule has 0 amide bonds. The quantitative estimate of drug-likeness (QED) is 0.167. The van der Waals surface area contributed by atoms with Crippen LogP contribution in [0.1, 0.15) is 0 Å². The van der Waals surface area contributed by atoms with Crippen molar-refractivity contribution in [3.63, 3.8) is 0 Å². The standard InChI is InChI=1S/C69H41N5O/c1-3-15-42(16-4-1)45-20-13-21-48(37-45)67-70-68(49-31-34-54-53-25-11-12-27-59(53)73(60(54)40-49)50-22-5-2-6-23-50)72-69(71-67)56-26-14-28-62-64(56)65-57-41-51(33-29-44(57)32-36-63(65)75-62)74-61-39-47-19-8-7-18-46(47)38-58(61)55-35-30-43-17-9-10-24-52(43)66(55)74/h1-41H. The van der Waals surface area contributed by atoms with Crippen molar-refractivity contribution < 1.29 is 4.42 Å². The summed E-state index contributed by atoms with van der Waals surface area (Å²) >= 11 is 0. The van der Waals surface area contributed by atoms with E-state index in [0.717, 1.165) is 93.8 Å². The summed E-state index contributed by atoms with van der Waals surface area (Å²) in [5.74, 6) is 1.72. The van der Waals surface area contributed by atoms with Gasteiger partial charge in [0.1, 0.15) is 11.2 Å². The Morgan fingerprint density at radius 3 is 1.73 bits per heavy atom. The Morgan fingerprint density at radius 1 is 0.280 bits per heavy atom. The summed E-state index contributed by atoms with van der Waals surface area (Å²) in [5, 5.41) is 13.8. The second kappa shape index (κ2) is 16.2. The highest BCUT2D eigenvalue weighted by Crippen LogP contribution is 2.44. The van der Waals surface area contributed by atoms with Gasteiger partial charge in [-0.2, -0.15) is 0 Å². The fraction of sp³-hybridized carbons (Fsp3) is 0. The molecule has 0 unspecified atom stereocenters. The van der Waals surface area contributed by atoms with Gasteiger partial charge in [-0.05, 0) is 105 Å². The molecular weight excluding hydrogens is 915 g/mol. The SMILES string of the molecule is c1ccc(-c2cccc(-c3nc(-c4ccc5c6ccccc6n(-c6ccccc6)c5c4)nc(-c4cccc5oc6ccc7ccc(-n8c9cc%10ccccc%10cc9c9ccc%10ccccc%10c98)cc7c6c45)n3)c2)cc1. The zero-order valence-electron chi connectivity index (χ0n) is 40.3. The largest absolute Gasteiger partial charge is 0.456 e. The Bertz CT molecular complexity index is 5010. The first kappa shape index (κ1) is 41.4. The molecule has 0 aliphatic heterocycles. The molecule has 0 saturated carbocycles. The van der Waals surface area contributed by atoms with Gasteiger partial charge in [0.05, 0.1) is 22.1 Å². The number of para-hydroxylation sites is 2. The number of aromatic nitrogens is 5. The van der Waals surface area contributed by atoms with E-state index in [-0.39, 0.29) is 0 Å². The maximum Gasteiger partial charge on any atom is 0.164 e. The van der Waals surface area contributed by atoms with Gasteiger partial charge in [-0.25, -0.2) is 15.0 Å². The number of fused-ring (bicyclic) bond motifs is 14. The summed E-state index contributed by atoms with van der Waals surface area (Å²) in [4.78, 5) is 16.2. The van der Waals surface area contributed by atoms with E-state index in [1.54, 1.807) is 0 Å². The van der Waals surface area contributed by atoms with Crippen molar-refractivity contribution in [1.82, 2.24) is 24.1 Å². The van der Waals surface area contributed by atoms with Crippen molar-refractivity contribution in [1.29, 1.82) is 0 Å². The maximum atomic E-state index is 6.85. The molecule has 6 nitrogen and oxygen atoms in total. The van der Waals surface area contributed by atoms with Crippen LogP contribution in [0.3, 0.4) is 0 Å². The molecule has 348 valence electrons. The zero-order chi connectivity index (χ0) is 49.1. The number of rotatable bonds is 6. The fourth-order valence-electron chi connectivity index (χ4n) is 11.9. The third kappa shape index (κ3) is 6.43. The Balaban J connectivity index is 0.949. The Morgan fingerprint density at radius 2 is 0.880 bits per heavy atom. The molecule has 0 N–H and O–H groups in total. The molecule has 16 rings (SSSR count). The minimum absolute atomic E-state index is 0.561. The maximum absolute atomic E-state index is 6.85. The second-order valence-electron chi connectivity index (χ2n) is 19.5. The molecule has 12 aromatic carbocycles. The molecule has 0 saturated heterocycles.